The average molecular weight is 216 g/mol. The zero-order valence-electron chi connectivity index (χ0n) is 9.92. The van der Waals surface area contributed by atoms with Gasteiger partial charge in [0.2, 0.25) is 0 Å². The van der Waals surface area contributed by atoms with Crippen LogP contribution in [0.15, 0.2) is 0 Å². The number of hydrogen-bond donors (Lipinski definition) is 3. The Morgan fingerprint density at radius 2 is 1.60 bits per heavy atom. The van der Waals surface area contributed by atoms with E-state index in [4.69, 9.17) is 5.11 Å². The normalized spacial score (nSPS) is 13.5. The summed E-state index contributed by atoms with van der Waals surface area (Å²) in [6, 6.07) is -1.36. The second-order valence-corrected chi connectivity index (χ2v) is 4.91. The molecule has 1 atom stereocenters. The number of rotatable bonds is 3. The van der Waals surface area contributed by atoms with Crippen LogP contribution in [0.25, 0.3) is 0 Å². The van der Waals surface area contributed by atoms with Crippen molar-refractivity contribution in [3.05, 3.63) is 0 Å². The van der Waals surface area contributed by atoms with E-state index in [9.17, 15) is 9.59 Å². The Bertz CT molecular complexity index is 244. The van der Waals surface area contributed by atoms with Gasteiger partial charge in [0.1, 0.15) is 6.04 Å². The summed E-state index contributed by atoms with van der Waals surface area (Å²) < 4.78 is 0. The zero-order chi connectivity index (χ0) is 12.2. The minimum Gasteiger partial charge on any atom is -0.480 e. The van der Waals surface area contributed by atoms with Crippen molar-refractivity contribution in [1.82, 2.24) is 10.6 Å². The molecule has 0 aromatic heterocycles. The fourth-order valence-corrected chi connectivity index (χ4v) is 1.08. The van der Waals surface area contributed by atoms with Gasteiger partial charge in [-0.05, 0) is 19.3 Å². The molecule has 0 bridgehead atoms. The highest BCUT2D eigenvalue weighted by molar-refractivity contribution is 5.83. The Hall–Kier alpha value is -1.26. The highest BCUT2D eigenvalue weighted by atomic mass is 16.4. The number of carbonyl (C=O) groups is 2. The molecule has 0 heterocycles. The monoisotopic (exact) mass is 216 g/mol. The summed E-state index contributed by atoms with van der Waals surface area (Å²) in [5.74, 6) is -1.03. The molecule has 2 amide bonds. The molecule has 3 N–H and O–H groups in total. The van der Waals surface area contributed by atoms with E-state index in [2.05, 4.69) is 10.6 Å². The number of hydrogen-bond acceptors (Lipinski definition) is 2. The number of nitrogens with one attached hydrogen (secondary N) is 2. The van der Waals surface area contributed by atoms with Crippen molar-refractivity contribution in [2.45, 2.75) is 46.7 Å². The smallest absolute Gasteiger partial charge is 0.326 e. The summed E-state index contributed by atoms with van der Waals surface area (Å²) in [7, 11) is 0. The van der Waals surface area contributed by atoms with Crippen LogP contribution < -0.4 is 10.6 Å². The Kier molecular flexibility index (Phi) is 4.58. The summed E-state index contributed by atoms with van der Waals surface area (Å²) in [5.41, 5.74) is -0.514. The minimum atomic E-state index is -1.03. The van der Waals surface area contributed by atoms with Gasteiger partial charge in [0.15, 0.2) is 0 Å². The van der Waals surface area contributed by atoms with Crippen LogP contribution in [0.1, 0.15) is 34.6 Å². The second-order valence-electron chi connectivity index (χ2n) is 4.91. The van der Waals surface area contributed by atoms with Crippen molar-refractivity contribution in [3.63, 3.8) is 0 Å². The molecule has 0 rings (SSSR count). The van der Waals surface area contributed by atoms with E-state index in [1.807, 2.05) is 13.8 Å². The first kappa shape index (κ1) is 13.7. The lowest BCUT2D eigenvalue weighted by atomic mass is 9.87. The molecule has 0 fully saturated rings. The lowest BCUT2D eigenvalue weighted by molar-refractivity contribution is -0.141. The zero-order valence-corrected chi connectivity index (χ0v) is 9.92. The minimum absolute atomic E-state index is 0.0144. The van der Waals surface area contributed by atoms with Gasteiger partial charge in [0, 0.05) is 6.04 Å². The molecule has 0 aliphatic rings. The van der Waals surface area contributed by atoms with Gasteiger partial charge in [-0.15, -0.1) is 0 Å². The predicted octanol–water partition coefficient (Wildman–Crippen LogP) is 1.19. The predicted molar refractivity (Wildman–Crippen MR) is 57.7 cm³/mol. The third-order valence-electron chi connectivity index (χ3n) is 1.81. The second kappa shape index (κ2) is 5.00. The van der Waals surface area contributed by atoms with E-state index in [-0.39, 0.29) is 6.04 Å². The molecule has 0 saturated carbocycles. The third-order valence-corrected chi connectivity index (χ3v) is 1.81. The molecule has 0 saturated heterocycles. The maximum absolute atomic E-state index is 11.3. The van der Waals surface area contributed by atoms with Crippen LogP contribution in [0.4, 0.5) is 4.79 Å². The summed E-state index contributed by atoms with van der Waals surface area (Å²) in [5, 5.41) is 14.0. The van der Waals surface area contributed by atoms with Gasteiger partial charge in [-0.2, -0.15) is 0 Å². The van der Waals surface area contributed by atoms with E-state index < -0.39 is 23.5 Å². The molecule has 0 spiro atoms. The van der Waals surface area contributed by atoms with Crippen molar-refractivity contribution >= 4 is 12.0 Å². The van der Waals surface area contributed by atoms with Crippen LogP contribution in [0.2, 0.25) is 0 Å². The summed E-state index contributed by atoms with van der Waals surface area (Å²) in [6.07, 6.45) is 0. The van der Waals surface area contributed by atoms with Gasteiger partial charge in [0.05, 0.1) is 0 Å². The molecule has 0 radical (unpaired) electrons. The fourth-order valence-electron chi connectivity index (χ4n) is 1.08. The molecule has 0 aromatic rings. The van der Waals surface area contributed by atoms with Gasteiger partial charge in [-0.1, -0.05) is 20.8 Å². The van der Waals surface area contributed by atoms with Crippen LogP contribution in [-0.4, -0.2) is 29.2 Å². The van der Waals surface area contributed by atoms with Crippen LogP contribution in [0, 0.1) is 5.41 Å². The highest BCUT2D eigenvalue weighted by Gasteiger charge is 2.32. The van der Waals surface area contributed by atoms with Crippen molar-refractivity contribution < 1.29 is 14.7 Å². The van der Waals surface area contributed by atoms with E-state index in [1.54, 1.807) is 20.8 Å². The highest BCUT2D eigenvalue weighted by Crippen LogP contribution is 2.19. The summed E-state index contributed by atoms with van der Waals surface area (Å²) >= 11 is 0. The van der Waals surface area contributed by atoms with Crippen molar-refractivity contribution in [1.29, 1.82) is 0 Å². The molecular formula is C10H20N2O3. The molecule has 88 valence electrons. The molecule has 0 aromatic carbocycles. The van der Waals surface area contributed by atoms with Crippen molar-refractivity contribution in [3.8, 4) is 0 Å². The van der Waals surface area contributed by atoms with Gasteiger partial charge in [-0.3, -0.25) is 0 Å². The van der Waals surface area contributed by atoms with Gasteiger partial charge in [0.25, 0.3) is 0 Å². The number of urea groups is 1. The van der Waals surface area contributed by atoms with Crippen molar-refractivity contribution in [2.24, 2.45) is 5.41 Å². The van der Waals surface area contributed by atoms with Gasteiger partial charge < -0.3 is 15.7 Å². The van der Waals surface area contributed by atoms with E-state index in [0.29, 0.717) is 0 Å². The molecule has 5 heteroatoms. The van der Waals surface area contributed by atoms with Gasteiger partial charge in [-0.25, -0.2) is 9.59 Å². The molecule has 5 nitrogen and oxygen atoms in total. The van der Waals surface area contributed by atoms with E-state index >= 15 is 0 Å². The molecule has 0 aliphatic heterocycles. The maximum atomic E-state index is 11.3. The Balaban J connectivity index is 4.44. The Morgan fingerprint density at radius 3 is 1.87 bits per heavy atom. The standard InChI is InChI=1S/C10H20N2O3/c1-6(2)11-9(15)12-7(8(13)14)10(3,4)5/h6-7H,1-5H3,(H,13,14)(H2,11,12,15)/t7-/m1/s1. The lowest BCUT2D eigenvalue weighted by Crippen LogP contribution is -2.53. The molecular weight excluding hydrogens is 196 g/mol. The first-order chi connectivity index (χ1) is 6.64. The lowest BCUT2D eigenvalue weighted by Gasteiger charge is -2.28. The largest absolute Gasteiger partial charge is 0.480 e. The molecule has 0 unspecified atom stereocenters. The van der Waals surface area contributed by atoms with Crippen LogP contribution in [0.3, 0.4) is 0 Å². The average Bonchev–Trinajstić information content (AvgIpc) is 1.95. The van der Waals surface area contributed by atoms with E-state index in [0.717, 1.165) is 0 Å². The van der Waals surface area contributed by atoms with Crippen molar-refractivity contribution in [2.75, 3.05) is 0 Å². The number of carboxylic acid groups (broad SMARTS) is 1. The first-order valence-electron chi connectivity index (χ1n) is 4.94. The first-order valence-corrected chi connectivity index (χ1v) is 4.94. The fraction of sp³-hybridized carbons (Fsp3) is 0.800. The quantitative estimate of drug-likeness (QED) is 0.663. The van der Waals surface area contributed by atoms with Crippen LogP contribution >= 0.6 is 0 Å². The number of carboxylic acids is 1. The van der Waals surface area contributed by atoms with Crippen LogP contribution in [-0.2, 0) is 4.79 Å². The SMILES string of the molecule is CC(C)NC(=O)N[C@H](C(=O)O)C(C)(C)C. The number of carbonyl (C=O) groups excluding carboxylic acids is 1. The number of amides is 2. The summed E-state index contributed by atoms with van der Waals surface area (Å²) in [4.78, 5) is 22.3. The summed E-state index contributed by atoms with van der Waals surface area (Å²) in [6.45, 7) is 8.92. The molecule has 0 aliphatic carbocycles. The Labute approximate surface area is 90.2 Å². The Morgan fingerprint density at radius 1 is 1.13 bits per heavy atom. The van der Waals surface area contributed by atoms with E-state index in [1.165, 1.54) is 0 Å². The molecule has 15 heavy (non-hydrogen) atoms. The van der Waals surface area contributed by atoms with Crippen LogP contribution in [0.5, 0.6) is 0 Å². The topological polar surface area (TPSA) is 78.4 Å². The van der Waals surface area contributed by atoms with Gasteiger partial charge >= 0.3 is 12.0 Å². The number of aliphatic carboxylic acids is 1. The maximum Gasteiger partial charge on any atom is 0.326 e. The third kappa shape index (κ3) is 5.24.